The minimum absolute atomic E-state index is 0.246. The zero-order chi connectivity index (χ0) is 20.2. The van der Waals surface area contributed by atoms with Gasteiger partial charge in [-0.15, -0.1) is 5.10 Å². The van der Waals surface area contributed by atoms with Crippen molar-refractivity contribution in [3.05, 3.63) is 82.4 Å². The van der Waals surface area contributed by atoms with Gasteiger partial charge in [0.15, 0.2) is 0 Å². The van der Waals surface area contributed by atoms with Gasteiger partial charge in [-0.2, -0.15) is 10.2 Å². The van der Waals surface area contributed by atoms with Crippen molar-refractivity contribution in [1.29, 1.82) is 0 Å². The van der Waals surface area contributed by atoms with Gasteiger partial charge >= 0.3 is 0 Å². The van der Waals surface area contributed by atoms with Gasteiger partial charge in [-0.3, -0.25) is 4.79 Å². The minimum atomic E-state index is -0.246. The standard InChI is InChI=1S/C22H22N6O/c1-14-17(10-12-23-16-7-4-3-5-8-16)15(2)25-20(14)13-18-21(27-28-22(18)29)19-9-6-11-24-26-19/h3-9,11,13,23,25H,10,12H2,1-2H3,(H,28,29)/b18-13+. The Morgan fingerprint density at radius 1 is 1.10 bits per heavy atom. The molecule has 4 rings (SSSR count). The maximum Gasteiger partial charge on any atom is 0.273 e. The Labute approximate surface area is 169 Å². The second kappa shape index (κ2) is 8.10. The molecule has 1 aliphatic heterocycles. The first-order valence-corrected chi connectivity index (χ1v) is 9.48. The van der Waals surface area contributed by atoms with E-state index in [0.717, 1.165) is 35.6 Å². The van der Waals surface area contributed by atoms with E-state index in [9.17, 15) is 4.79 Å². The van der Waals surface area contributed by atoms with Crippen molar-refractivity contribution in [1.82, 2.24) is 20.6 Å². The molecule has 7 nitrogen and oxygen atoms in total. The fourth-order valence-corrected chi connectivity index (χ4v) is 3.46. The third-order valence-electron chi connectivity index (χ3n) is 4.98. The molecule has 1 aromatic carbocycles. The van der Waals surface area contributed by atoms with Gasteiger partial charge in [-0.25, -0.2) is 5.43 Å². The van der Waals surface area contributed by atoms with Crippen LogP contribution < -0.4 is 10.7 Å². The number of rotatable bonds is 6. The second-order valence-corrected chi connectivity index (χ2v) is 6.88. The number of H-pyrrole nitrogens is 1. The molecule has 0 fully saturated rings. The number of nitrogens with one attached hydrogen (secondary N) is 3. The Morgan fingerprint density at radius 2 is 1.93 bits per heavy atom. The number of hydrazone groups is 1. The van der Waals surface area contributed by atoms with E-state index < -0.39 is 0 Å². The van der Waals surface area contributed by atoms with Crippen molar-refractivity contribution in [3.8, 4) is 0 Å². The fourth-order valence-electron chi connectivity index (χ4n) is 3.46. The fraction of sp³-hybridized carbons (Fsp3) is 0.182. The topological polar surface area (TPSA) is 95.1 Å². The van der Waals surface area contributed by atoms with Crippen LogP contribution >= 0.6 is 0 Å². The van der Waals surface area contributed by atoms with Gasteiger partial charge in [-0.05, 0) is 61.7 Å². The number of para-hydroxylation sites is 1. The lowest BCUT2D eigenvalue weighted by atomic mass is 10.0. The van der Waals surface area contributed by atoms with E-state index in [4.69, 9.17) is 0 Å². The first-order valence-electron chi connectivity index (χ1n) is 9.48. The summed E-state index contributed by atoms with van der Waals surface area (Å²) in [6, 6.07) is 13.7. The summed E-state index contributed by atoms with van der Waals surface area (Å²) in [5.41, 5.74) is 9.54. The van der Waals surface area contributed by atoms with Crippen LogP contribution in [0.25, 0.3) is 6.08 Å². The van der Waals surface area contributed by atoms with Crippen LogP contribution in [0.2, 0.25) is 0 Å². The van der Waals surface area contributed by atoms with Gasteiger partial charge < -0.3 is 10.3 Å². The van der Waals surface area contributed by atoms with Crippen LogP contribution in [-0.4, -0.2) is 33.3 Å². The third-order valence-corrected chi connectivity index (χ3v) is 4.98. The molecule has 1 amide bonds. The third kappa shape index (κ3) is 3.94. The number of carbonyl (C=O) groups is 1. The number of nitrogens with zero attached hydrogens (tertiary/aromatic N) is 3. The molecule has 3 N–H and O–H groups in total. The number of hydrogen-bond acceptors (Lipinski definition) is 5. The number of benzene rings is 1. The van der Waals surface area contributed by atoms with Gasteiger partial charge in [0, 0.05) is 29.8 Å². The van der Waals surface area contributed by atoms with Gasteiger partial charge in [0.05, 0.1) is 5.57 Å². The number of hydrogen-bond donors (Lipinski definition) is 3. The quantitative estimate of drug-likeness (QED) is 0.568. The van der Waals surface area contributed by atoms with Gasteiger partial charge in [0.25, 0.3) is 5.91 Å². The van der Waals surface area contributed by atoms with Crippen LogP contribution in [0.5, 0.6) is 0 Å². The van der Waals surface area contributed by atoms with Crippen LogP contribution in [-0.2, 0) is 11.2 Å². The second-order valence-electron chi connectivity index (χ2n) is 6.88. The zero-order valence-corrected chi connectivity index (χ0v) is 16.4. The average molecular weight is 386 g/mol. The molecular weight excluding hydrogens is 364 g/mol. The lowest BCUT2D eigenvalue weighted by molar-refractivity contribution is -0.116. The summed E-state index contributed by atoms with van der Waals surface area (Å²) in [5.74, 6) is -0.246. The summed E-state index contributed by atoms with van der Waals surface area (Å²) in [5, 5.41) is 15.5. The molecule has 0 atom stereocenters. The lowest BCUT2D eigenvalue weighted by Crippen LogP contribution is -2.14. The maximum absolute atomic E-state index is 12.3. The Hall–Kier alpha value is -3.74. The van der Waals surface area contributed by atoms with Crippen molar-refractivity contribution in [3.63, 3.8) is 0 Å². The first kappa shape index (κ1) is 18.6. The van der Waals surface area contributed by atoms with E-state index in [1.807, 2.05) is 24.3 Å². The lowest BCUT2D eigenvalue weighted by Gasteiger charge is -2.07. The van der Waals surface area contributed by atoms with Crippen LogP contribution in [0.4, 0.5) is 5.69 Å². The molecule has 29 heavy (non-hydrogen) atoms. The SMILES string of the molecule is Cc1[nH]c(/C=C2/C(=O)NN=C2c2cccnn2)c(C)c1CCNc1ccccc1. The van der Waals surface area contributed by atoms with Gasteiger partial charge in [0.1, 0.15) is 11.4 Å². The molecule has 7 heteroatoms. The van der Waals surface area contributed by atoms with E-state index in [1.54, 1.807) is 18.3 Å². The van der Waals surface area contributed by atoms with Crippen LogP contribution in [0.1, 0.15) is 28.2 Å². The smallest absolute Gasteiger partial charge is 0.273 e. The Bertz CT molecular complexity index is 1080. The van der Waals surface area contributed by atoms with Crippen LogP contribution in [0.3, 0.4) is 0 Å². The summed E-state index contributed by atoms with van der Waals surface area (Å²) in [4.78, 5) is 15.7. The molecule has 2 aromatic heterocycles. The molecule has 0 spiro atoms. The molecule has 0 unspecified atom stereocenters. The number of aromatic amines is 1. The highest BCUT2D eigenvalue weighted by Gasteiger charge is 2.26. The van der Waals surface area contributed by atoms with E-state index >= 15 is 0 Å². The number of carbonyl (C=O) groups excluding carboxylic acids is 1. The van der Waals surface area contributed by atoms with Gasteiger partial charge in [-0.1, -0.05) is 18.2 Å². The first-order chi connectivity index (χ1) is 14.1. The van der Waals surface area contributed by atoms with E-state index in [1.165, 1.54) is 5.56 Å². The van der Waals surface area contributed by atoms with Crippen molar-refractivity contribution in [2.75, 3.05) is 11.9 Å². The molecule has 146 valence electrons. The monoisotopic (exact) mass is 386 g/mol. The molecule has 1 aliphatic rings. The predicted molar refractivity (Wildman–Crippen MR) is 114 cm³/mol. The highest BCUT2D eigenvalue weighted by Crippen LogP contribution is 2.23. The Morgan fingerprint density at radius 3 is 2.69 bits per heavy atom. The molecule has 0 saturated carbocycles. The normalized spacial score (nSPS) is 14.8. The Kier molecular flexibility index (Phi) is 5.20. The number of aromatic nitrogens is 3. The molecule has 3 heterocycles. The maximum atomic E-state index is 12.3. The summed E-state index contributed by atoms with van der Waals surface area (Å²) in [6.07, 6.45) is 4.31. The largest absolute Gasteiger partial charge is 0.385 e. The summed E-state index contributed by atoms with van der Waals surface area (Å²) in [7, 11) is 0. The number of aryl methyl sites for hydroxylation is 1. The van der Waals surface area contributed by atoms with Crippen molar-refractivity contribution in [2.24, 2.45) is 5.10 Å². The average Bonchev–Trinajstić information content (AvgIpc) is 3.24. The molecular formula is C22H22N6O. The minimum Gasteiger partial charge on any atom is -0.385 e. The van der Waals surface area contributed by atoms with Crippen molar-refractivity contribution in [2.45, 2.75) is 20.3 Å². The highest BCUT2D eigenvalue weighted by atomic mass is 16.2. The van der Waals surface area contributed by atoms with Crippen molar-refractivity contribution < 1.29 is 4.79 Å². The van der Waals surface area contributed by atoms with Crippen LogP contribution in [0.15, 0.2) is 59.3 Å². The number of amides is 1. The summed E-state index contributed by atoms with van der Waals surface area (Å²) in [6.45, 7) is 4.95. The molecule has 3 aromatic rings. The molecule has 0 aliphatic carbocycles. The molecule has 0 bridgehead atoms. The van der Waals surface area contributed by atoms with E-state index in [0.29, 0.717) is 17.0 Å². The molecule has 0 radical (unpaired) electrons. The van der Waals surface area contributed by atoms with Gasteiger partial charge in [0.2, 0.25) is 0 Å². The number of anilines is 1. The van der Waals surface area contributed by atoms with E-state index in [2.05, 4.69) is 57.0 Å². The van der Waals surface area contributed by atoms with E-state index in [-0.39, 0.29) is 5.91 Å². The summed E-state index contributed by atoms with van der Waals surface area (Å²) < 4.78 is 0. The molecule has 0 saturated heterocycles. The van der Waals surface area contributed by atoms with Crippen molar-refractivity contribution >= 4 is 23.4 Å². The highest BCUT2D eigenvalue weighted by molar-refractivity contribution is 6.32. The predicted octanol–water partition coefficient (Wildman–Crippen LogP) is 2.99. The zero-order valence-electron chi connectivity index (χ0n) is 16.4. The Balaban J connectivity index is 1.55. The van der Waals surface area contributed by atoms with Crippen LogP contribution in [0, 0.1) is 13.8 Å². The summed E-state index contributed by atoms with van der Waals surface area (Å²) >= 11 is 0.